The summed E-state index contributed by atoms with van der Waals surface area (Å²) in [5.74, 6) is -0.947. The third-order valence-electron chi connectivity index (χ3n) is 3.40. The van der Waals surface area contributed by atoms with Crippen molar-refractivity contribution in [2.75, 3.05) is 0 Å². The molecule has 2 aromatic rings. The summed E-state index contributed by atoms with van der Waals surface area (Å²) in [6, 6.07) is 6.67. The fraction of sp³-hybridized carbons (Fsp3) is 0.250. The van der Waals surface area contributed by atoms with Crippen molar-refractivity contribution < 1.29 is 19.0 Å². The SMILES string of the molecule is CC(NC(C)c1cc(F)ccc1F)c1cc(O)ccc1O. The van der Waals surface area contributed by atoms with Crippen LogP contribution in [0.15, 0.2) is 36.4 Å². The molecule has 0 aliphatic carbocycles. The largest absolute Gasteiger partial charge is 0.508 e. The minimum atomic E-state index is -0.507. The Bertz CT molecular complexity index is 591. The van der Waals surface area contributed by atoms with Crippen molar-refractivity contribution in [2.45, 2.75) is 25.9 Å². The Kier molecular flexibility index (Phi) is 4.43. The fourth-order valence-electron chi connectivity index (χ4n) is 2.29. The quantitative estimate of drug-likeness (QED) is 0.752. The van der Waals surface area contributed by atoms with E-state index in [1.54, 1.807) is 13.8 Å². The van der Waals surface area contributed by atoms with Crippen LogP contribution in [0.4, 0.5) is 8.78 Å². The summed E-state index contributed by atoms with van der Waals surface area (Å²) in [7, 11) is 0. The van der Waals surface area contributed by atoms with Crippen molar-refractivity contribution in [2.24, 2.45) is 0 Å². The molecule has 3 nitrogen and oxygen atoms in total. The zero-order chi connectivity index (χ0) is 15.6. The first-order valence-corrected chi connectivity index (χ1v) is 6.61. The van der Waals surface area contributed by atoms with Crippen molar-refractivity contribution in [3.8, 4) is 11.5 Å². The van der Waals surface area contributed by atoms with Crippen LogP contribution in [0.5, 0.6) is 11.5 Å². The fourth-order valence-corrected chi connectivity index (χ4v) is 2.29. The maximum absolute atomic E-state index is 13.7. The molecule has 0 fully saturated rings. The summed E-state index contributed by atoms with van der Waals surface area (Å²) >= 11 is 0. The lowest BCUT2D eigenvalue weighted by Gasteiger charge is -2.22. The van der Waals surface area contributed by atoms with Crippen molar-refractivity contribution in [1.82, 2.24) is 5.32 Å². The summed E-state index contributed by atoms with van der Waals surface area (Å²) < 4.78 is 26.9. The number of hydrogen-bond donors (Lipinski definition) is 3. The lowest BCUT2D eigenvalue weighted by Crippen LogP contribution is -2.23. The van der Waals surface area contributed by atoms with Gasteiger partial charge in [-0.25, -0.2) is 8.78 Å². The predicted molar refractivity (Wildman–Crippen MR) is 76.1 cm³/mol. The van der Waals surface area contributed by atoms with Crippen molar-refractivity contribution >= 4 is 0 Å². The van der Waals surface area contributed by atoms with Crippen LogP contribution in [0, 0.1) is 11.6 Å². The number of benzene rings is 2. The van der Waals surface area contributed by atoms with Crippen LogP contribution in [0.25, 0.3) is 0 Å². The van der Waals surface area contributed by atoms with E-state index in [1.165, 1.54) is 18.2 Å². The molecule has 2 atom stereocenters. The zero-order valence-electron chi connectivity index (χ0n) is 11.8. The normalized spacial score (nSPS) is 13.9. The van der Waals surface area contributed by atoms with E-state index in [-0.39, 0.29) is 23.1 Å². The lowest BCUT2D eigenvalue weighted by molar-refractivity contribution is 0.424. The Morgan fingerprint density at radius 1 is 0.905 bits per heavy atom. The number of phenols is 2. The predicted octanol–water partition coefficient (Wildman–Crippen LogP) is 3.79. The minimum absolute atomic E-state index is 0.0275. The Morgan fingerprint density at radius 3 is 2.29 bits per heavy atom. The first kappa shape index (κ1) is 15.3. The van der Waals surface area contributed by atoms with E-state index < -0.39 is 17.7 Å². The molecule has 2 rings (SSSR count). The first-order valence-electron chi connectivity index (χ1n) is 6.61. The summed E-state index contributed by atoms with van der Waals surface area (Å²) in [5.41, 5.74) is 0.695. The Balaban J connectivity index is 2.20. The van der Waals surface area contributed by atoms with Crippen LogP contribution in [0.3, 0.4) is 0 Å². The highest BCUT2D eigenvalue weighted by Crippen LogP contribution is 2.30. The summed E-state index contributed by atoms with van der Waals surface area (Å²) in [6.07, 6.45) is 0. The topological polar surface area (TPSA) is 52.5 Å². The van der Waals surface area contributed by atoms with E-state index >= 15 is 0 Å². The van der Waals surface area contributed by atoms with Gasteiger partial charge in [0.05, 0.1) is 0 Å². The molecule has 0 spiro atoms. The van der Waals surface area contributed by atoms with E-state index in [9.17, 15) is 19.0 Å². The van der Waals surface area contributed by atoms with Crippen molar-refractivity contribution in [3.05, 3.63) is 59.2 Å². The van der Waals surface area contributed by atoms with Gasteiger partial charge in [-0.2, -0.15) is 0 Å². The van der Waals surface area contributed by atoms with E-state index in [0.717, 1.165) is 18.2 Å². The minimum Gasteiger partial charge on any atom is -0.508 e. The Morgan fingerprint density at radius 2 is 1.57 bits per heavy atom. The molecule has 0 bridgehead atoms. The van der Waals surface area contributed by atoms with E-state index in [4.69, 9.17) is 0 Å². The van der Waals surface area contributed by atoms with E-state index in [1.807, 2.05) is 0 Å². The van der Waals surface area contributed by atoms with Gasteiger partial charge in [-0.3, -0.25) is 0 Å². The maximum Gasteiger partial charge on any atom is 0.128 e. The Hall–Kier alpha value is -2.14. The molecule has 0 aromatic heterocycles. The number of rotatable bonds is 4. The lowest BCUT2D eigenvalue weighted by atomic mass is 10.0. The van der Waals surface area contributed by atoms with Gasteiger partial charge in [0.25, 0.3) is 0 Å². The smallest absolute Gasteiger partial charge is 0.128 e. The van der Waals surface area contributed by atoms with Crippen LogP contribution in [-0.2, 0) is 0 Å². The standard InChI is InChI=1S/C16H17F2NO2/c1-9(13-7-11(17)3-5-15(13)18)19-10(2)14-8-12(20)4-6-16(14)21/h3-10,19-21H,1-2H3. The molecule has 2 unspecified atom stereocenters. The van der Waals surface area contributed by atoms with Gasteiger partial charge in [-0.1, -0.05) is 0 Å². The molecular weight excluding hydrogens is 276 g/mol. The van der Waals surface area contributed by atoms with Crippen molar-refractivity contribution in [3.63, 3.8) is 0 Å². The van der Waals surface area contributed by atoms with Crippen LogP contribution in [-0.4, -0.2) is 10.2 Å². The second-order valence-corrected chi connectivity index (χ2v) is 5.02. The third kappa shape index (κ3) is 3.49. The molecule has 0 aliphatic heterocycles. The average Bonchev–Trinajstić information content (AvgIpc) is 2.43. The van der Waals surface area contributed by atoms with Gasteiger partial charge < -0.3 is 15.5 Å². The molecule has 0 amide bonds. The second kappa shape index (κ2) is 6.10. The second-order valence-electron chi connectivity index (χ2n) is 5.02. The number of nitrogens with one attached hydrogen (secondary N) is 1. The molecule has 21 heavy (non-hydrogen) atoms. The maximum atomic E-state index is 13.7. The summed E-state index contributed by atoms with van der Waals surface area (Å²) in [5, 5.41) is 22.3. The molecule has 2 aromatic carbocycles. The molecule has 0 radical (unpaired) electrons. The van der Waals surface area contributed by atoms with Crippen molar-refractivity contribution in [1.29, 1.82) is 0 Å². The number of phenolic OH excluding ortho intramolecular Hbond substituents is 2. The van der Waals surface area contributed by atoms with Crippen LogP contribution in [0.2, 0.25) is 0 Å². The third-order valence-corrected chi connectivity index (χ3v) is 3.40. The van der Waals surface area contributed by atoms with Gasteiger partial charge in [0.1, 0.15) is 23.1 Å². The highest BCUT2D eigenvalue weighted by atomic mass is 19.1. The molecule has 3 N–H and O–H groups in total. The molecule has 0 heterocycles. The van der Waals surface area contributed by atoms with Gasteiger partial charge in [0.15, 0.2) is 0 Å². The monoisotopic (exact) mass is 293 g/mol. The van der Waals surface area contributed by atoms with Crippen LogP contribution >= 0.6 is 0 Å². The van der Waals surface area contributed by atoms with Crippen LogP contribution in [0.1, 0.15) is 37.1 Å². The van der Waals surface area contributed by atoms with Gasteiger partial charge in [-0.15, -0.1) is 0 Å². The van der Waals surface area contributed by atoms with Gasteiger partial charge >= 0.3 is 0 Å². The molecule has 0 saturated carbocycles. The highest BCUT2D eigenvalue weighted by Gasteiger charge is 2.17. The zero-order valence-corrected chi connectivity index (χ0v) is 11.8. The van der Waals surface area contributed by atoms with E-state index in [2.05, 4.69) is 5.32 Å². The summed E-state index contributed by atoms with van der Waals surface area (Å²) in [4.78, 5) is 0. The highest BCUT2D eigenvalue weighted by molar-refractivity contribution is 5.40. The molecule has 5 heteroatoms. The first-order chi connectivity index (χ1) is 9.88. The number of aromatic hydroxyl groups is 2. The molecule has 0 saturated heterocycles. The average molecular weight is 293 g/mol. The van der Waals surface area contributed by atoms with E-state index in [0.29, 0.717) is 5.56 Å². The number of halogens is 2. The molecule has 0 aliphatic rings. The molecular formula is C16H17F2NO2. The van der Waals surface area contributed by atoms with Gasteiger partial charge in [0, 0.05) is 23.2 Å². The molecule has 112 valence electrons. The Labute approximate surface area is 121 Å². The summed E-state index contributed by atoms with van der Waals surface area (Å²) in [6.45, 7) is 3.47. The van der Waals surface area contributed by atoms with Gasteiger partial charge in [0.2, 0.25) is 0 Å². The number of hydrogen-bond acceptors (Lipinski definition) is 3. The van der Waals surface area contributed by atoms with Gasteiger partial charge in [-0.05, 0) is 50.2 Å². The van der Waals surface area contributed by atoms with Crippen LogP contribution < -0.4 is 5.32 Å².